The van der Waals surface area contributed by atoms with Crippen LogP contribution in [0.2, 0.25) is 0 Å². The van der Waals surface area contributed by atoms with E-state index in [0.29, 0.717) is 6.04 Å². The van der Waals surface area contributed by atoms with Crippen LogP contribution in [0.15, 0.2) is 36.9 Å². The van der Waals surface area contributed by atoms with Gasteiger partial charge < -0.3 is 10.1 Å². The van der Waals surface area contributed by atoms with Gasteiger partial charge in [0.25, 0.3) is 0 Å². The first-order valence-electron chi connectivity index (χ1n) is 6.77. The molecule has 0 bridgehead atoms. The van der Waals surface area contributed by atoms with Crippen LogP contribution in [0, 0.1) is 0 Å². The second-order valence-corrected chi connectivity index (χ2v) is 4.53. The maximum atomic E-state index is 5.17. The second-order valence-electron chi connectivity index (χ2n) is 4.53. The predicted molar refractivity (Wildman–Crippen MR) is 78.2 cm³/mol. The molecule has 0 spiro atoms. The first-order chi connectivity index (χ1) is 8.80. The minimum Gasteiger partial charge on any atom is -0.497 e. The minimum atomic E-state index is 0.559. The van der Waals surface area contributed by atoms with Gasteiger partial charge in [0.2, 0.25) is 0 Å². The first kappa shape index (κ1) is 14.8. The fourth-order valence-corrected chi connectivity index (χ4v) is 2.12. The Balaban J connectivity index is 2.49. The third-order valence-electron chi connectivity index (χ3n) is 3.09. The van der Waals surface area contributed by atoms with Crippen molar-refractivity contribution in [1.82, 2.24) is 5.32 Å². The van der Waals surface area contributed by atoms with Crippen molar-refractivity contribution < 1.29 is 4.74 Å². The summed E-state index contributed by atoms with van der Waals surface area (Å²) in [5.74, 6) is 0.922. The van der Waals surface area contributed by atoms with Crippen molar-refractivity contribution in [2.24, 2.45) is 0 Å². The van der Waals surface area contributed by atoms with Gasteiger partial charge in [0.05, 0.1) is 7.11 Å². The summed E-state index contributed by atoms with van der Waals surface area (Å²) in [4.78, 5) is 0. The number of unbranched alkanes of at least 4 members (excludes halogenated alkanes) is 1. The molecule has 0 radical (unpaired) electrons. The number of nitrogens with one attached hydrogen (secondary N) is 1. The molecule has 100 valence electrons. The van der Waals surface area contributed by atoms with Crippen LogP contribution < -0.4 is 10.1 Å². The summed E-state index contributed by atoms with van der Waals surface area (Å²) in [6.07, 6.45) is 6.58. The molecule has 0 aliphatic rings. The highest BCUT2D eigenvalue weighted by molar-refractivity contribution is 5.27. The van der Waals surface area contributed by atoms with E-state index in [4.69, 9.17) is 4.74 Å². The number of methoxy groups -OCH3 is 1. The van der Waals surface area contributed by atoms with Crippen LogP contribution in [0.1, 0.15) is 31.7 Å². The molecular weight excluding hydrogens is 222 g/mol. The SMILES string of the molecule is C=CCCCC(Cc1ccc(OC)cc1)NCC. The predicted octanol–water partition coefficient (Wildman–Crippen LogP) is 3.57. The van der Waals surface area contributed by atoms with Crippen molar-refractivity contribution in [3.8, 4) is 5.75 Å². The maximum absolute atomic E-state index is 5.17. The smallest absolute Gasteiger partial charge is 0.118 e. The molecule has 1 unspecified atom stereocenters. The first-order valence-corrected chi connectivity index (χ1v) is 6.77. The van der Waals surface area contributed by atoms with Crippen molar-refractivity contribution in [1.29, 1.82) is 0 Å². The van der Waals surface area contributed by atoms with E-state index in [1.807, 2.05) is 18.2 Å². The van der Waals surface area contributed by atoms with E-state index in [-0.39, 0.29) is 0 Å². The highest BCUT2D eigenvalue weighted by Gasteiger charge is 2.07. The van der Waals surface area contributed by atoms with E-state index < -0.39 is 0 Å². The van der Waals surface area contributed by atoms with E-state index in [1.54, 1.807) is 7.11 Å². The zero-order valence-corrected chi connectivity index (χ0v) is 11.6. The van der Waals surface area contributed by atoms with Gasteiger partial charge in [0.1, 0.15) is 5.75 Å². The van der Waals surface area contributed by atoms with Crippen LogP contribution in [-0.4, -0.2) is 19.7 Å². The van der Waals surface area contributed by atoms with Crippen LogP contribution in [0.4, 0.5) is 0 Å². The molecule has 0 amide bonds. The fourth-order valence-electron chi connectivity index (χ4n) is 2.12. The number of rotatable bonds is 9. The van der Waals surface area contributed by atoms with Gasteiger partial charge in [0, 0.05) is 6.04 Å². The van der Waals surface area contributed by atoms with E-state index in [2.05, 4.69) is 31.0 Å². The molecular formula is C16H25NO. The lowest BCUT2D eigenvalue weighted by Gasteiger charge is -2.17. The van der Waals surface area contributed by atoms with Gasteiger partial charge in [-0.15, -0.1) is 6.58 Å². The third-order valence-corrected chi connectivity index (χ3v) is 3.09. The van der Waals surface area contributed by atoms with Crippen molar-refractivity contribution in [3.05, 3.63) is 42.5 Å². The summed E-state index contributed by atoms with van der Waals surface area (Å²) < 4.78 is 5.17. The number of benzene rings is 1. The molecule has 1 rings (SSSR count). The molecule has 1 aromatic carbocycles. The number of allylic oxidation sites excluding steroid dienone is 1. The molecule has 2 heteroatoms. The van der Waals surface area contributed by atoms with Crippen LogP contribution in [-0.2, 0) is 6.42 Å². The second kappa shape index (κ2) is 8.76. The number of likely N-dealkylation sites (N-methyl/N-ethyl adjacent to an activating group) is 1. The topological polar surface area (TPSA) is 21.3 Å². The zero-order valence-electron chi connectivity index (χ0n) is 11.6. The lowest BCUT2D eigenvalue weighted by atomic mass is 10.0. The normalized spacial score (nSPS) is 12.1. The largest absolute Gasteiger partial charge is 0.497 e. The van der Waals surface area contributed by atoms with Crippen LogP contribution in [0.5, 0.6) is 5.75 Å². The molecule has 0 aliphatic carbocycles. The third kappa shape index (κ3) is 5.37. The Morgan fingerprint density at radius 2 is 2.06 bits per heavy atom. The number of hydrogen-bond donors (Lipinski definition) is 1. The highest BCUT2D eigenvalue weighted by Crippen LogP contribution is 2.14. The molecule has 0 saturated heterocycles. The average molecular weight is 247 g/mol. The van der Waals surface area contributed by atoms with Gasteiger partial charge in [-0.05, 0) is 49.9 Å². The monoisotopic (exact) mass is 247 g/mol. The van der Waals surface area contributed by atoms with Crippen LogP contribution in [0.25, 0.3) is 0 Å². The molecule has 0 aromatic heterocycles. The molecule has 18 heavy (non-hydrogen) atoms. The molecule has 0 aliphatic heterocycles. The molecule has 0 fully saturated rings. The molecule has 0 saturated carbocycles. The van der Waals surface area contributed by atoms with Gasteiger partial charge in [-0.3, -0.25) is 0 Å². The quantitative estimate of drug-likeness (QED) is 0.532. The lowest BCUT2D eigenvalue weighted by Crippen LogP contribution is -2.30. The highest BCUT2D eigenvalue weighted by atomic mass is 16.5. The van der Waals surface area contributed by atoms with E-state index in [9.17, 15) is 0 Å². The molecule has 1 N–H and O–H groups in total. The van der Waals surface area contributed by atoms with Gasteiger partial charge in [-0.2, -0.15) is 0 Å². The fraction of sp³-hybridized carbons (Fsp3) is 0.500. The summed E-state index contributed by atoms with van der Waals surface area (Å²) in [6, 6.07) is 8.92. The van der Waals surface area contributed by atoms with E-state index in [0.717, 1.165) is 25.1 Å². The zero-order chi connectivity index (χ0) is 13.2. The average Bonchev–Trinajstić information content (AvgIpc) is 2.40. The molecule has 1 aromatic rings. The van der Waals surface area contributed by atoms with Gasteiger partial charge in [-0.25, -0.2) is 0 Å². The van der Waals surface area contributed by atoms with E-state index >= 15 is 0 Å². The van der Waals surface area contributed by atoms with Crippen molar-refractivity contribution >= 4 is 0 Å². The van der Waals surface area contributed by atoms with Crippen LogP contribution >= 0.6 is 0 Å². The van der Waals surface area contributed by atoms with Gasteiger partial charge >= 0.3 is 0 Å². The van der Waals surface area contributed by atoms with Crippen molar-refractivity contribution in [2.75, 3.05) is 13.7 Å². The van der Waals surface area contributed by atoms with Crippen molar-refractivity contribution in [2.45, 2.75) is 38.6 Å². The molecule has 1 atom stereocenters. The summed E-state index contributed by atoms with van der Waals surface area (Å²) in [5.41, 5.74) is 1.36. The molecule has 0 heterocycles. The van der Waals surface area contributed by atoms with Crippen molar-refractivity contribution in [3.63, 3.8) is 0 Å². The van der Waals surface area contributed by atoms with Crippen LogP contribution in [0.3, 0.4) is 0 Å². The van der Waals surface area contributed by atoms with Gasteiger partial charge in [0.15, 0.2) is 0 Å². The summed E-state index contributed by atoms with van der Waals surface area (Å²) in [6.45, 7) is 6.96. The number of hydrogen-bond acceptors (Lipinski definition) is 2. The van der Waals surface area contributed by atoms with E-state index in [1.165, 1.54) is 18.4 Å². The minimum absolute atomic E-state index is 0.559. The Morgan fingerprint density at radius 1 is 1.33 bits per heavy atom. The van der Waals surface area contributed by atoms with Gasteiger partial charge in [-0.1, -0.05) is 25.1 Å². The summed E-state index contributed by atoms with van der Waals surface area (Å²) in [5, 5.41) is 3.55. The molecule has 2 nitrogen and oxygen atoms in total. The Bertz CT molecular complexity index is 331. The Hall–Kier alpha value is -1.28. The Labute approximate surface area is 111 Å². The summed E-state index contributed by atoms with van der Waals surface area (Å²) in [7, 11) is 1.70. The lowest BCUT2D eigenvalue weighted by molar-refractivity contribution is 0.414. The Morgan fingerprint density at radius 3 is 2.61 bits per heavy atom. The number of ether oxygens (including phenoxy) is 1. The Kier molecular flexibility index (Phi) is 7.19. The summed E-state index contributed by atoms with van der Waals surface area (Å²) >= 11 is 0. The maximum Gasteiger partial charge on any atom is 0.118 e. The standard InChI is InChI=1S/C16H25NO/c1-4-6-7-8-15(17-5-2)13-14-9-11-16(18-3)12-10-14/h4,9-12,15,17H,1,5-8,13H2,2-3H3.